The molecule has 0 spiro atoms. The van der Waals surface area contributed by atoms with E-state index in [1.807, 2.05) is 18.2 Å². The lowest BCUT2D eigenvalue weighted by atomic mass is 10.0. The zero-order valence-corrected chi connectivity index (χ0v) is 20.5. The highest BCUT2D eigenvalue weighted by atomic mass is 35.5. The third-order valence-electron chi connectivity index (χ3n) is 5.22. The molecule has 0 saturated heterocycles. The van der Waals surface area contributed by atoms with Crippen LogP contribution < -0.4 is 20.3 Å². The van der Waals surface area contributed by atoms with Gasteiger partial charge in [-0.25, -0.2) is 18.1 Å². The van der Waals surface area contributed by atoms with Crippen molar-refractivity contribution >= 4 is 56.4 Å². The normalized spacial score (nSPS) is 13.7. The van der Waals surface area contributed by atoms with Gasteiger partial charge in [0.05, 0.1) is 11.1 Å². The summed E-state index contributed by atoms with van der Waals surface area (Å²) in [6, 6.07) is 11.9. The number of nitrogens with zero attached hydrogens (tertiary/aromatic N) is 3. The summed E-state index contributed by atoms with van der Waals surface area (Å²) in [5, 5.41) is 6.55. The molecule has 2 aromatic carbocycles. The molecule has 178 valence electrons. The minimum absolute atomic E-state index is 0.0969. The Morgan fingerprint density at radius 3 is 2.59 bits per heavy atom. The monoisotopic (exact) mass is 500 g/mol. The predicted octanol–water partition coefficient (Wildman–Crippen LogP) is 4.21. The molecule has 9 nitrogen and oxygen atoms in total. The molecule has 4 rings (SSSR count). The largest absolute Gasteiger partial charge is 0.339 e. The summed E-state index contributed by atoms with van der Waals surface area (Å²) in [5.74, 6) is 0.741. The fourth-order valence-electron chi connectivity index (χ4n) is 3.63. The predicted molar refractivity (Wildman–Crippen MR) is 134 cm³/mol. The van der Waals surface area contributed by atoms with Crippen LogP contribution >= 0.6 is 11.6 Å². The number of amides is 1. The van der Waals surface area contributed by atoms with Crippen LogP contribution in [0.3, 0.4) is 0 Å². The number of hydrogen-bond donors (Lipinski definition) is 3. The van der Waals surface area contributed by atoms with E-state index in [1.54, 1.807) is 37.9 Å². The van der Waals surface area contributed by atoms with E-state index in [0.29, 0.717) is 29.4 Å². The van der Waals surface area contributed by atoms with Crippen molar-refractivity contribution in [1.29, 1.82) is 0 Å². The van der Waals surface area contributed by atoms with Crippen LogP contribution in [0.2, 0.25) is 5.02 Å². The van der Waals surface area contributed by atoms with Crippen molar-refractivity contribution in [3.8, 4) is 0 Å². The molecule has 1 aliphatic heterocycles. The van der Waals surface area contributed by atoms with Crippen molar-refractivity contribution in [2.45, 2.75) is 37.6 Å². The van der Waals surface area contributed by atoms with E-state index in [-0.39, 0.29) is 22.8 Å². The molecule has 3 N–H and O–H groups in total. The third-order valence-corrected chi connectivity index (χ3v) is 7.15. The molecule has 0 bridgehead atoms. The van der Waals surface area contributed by atoms with E-state index < -0.39 is 10.0 Å². The van der Waals surface area contributed by atoms with E-state index in [1.165, 1.54) is 18.3 Å². The van der Waals surface area contributed by atoms with Crippen LogP contribution in [0.15, 0.2) is 53.6 Å². The molecule has 1 aromatic heterocycles. The number of rotatable bonds is 7. The highest BCUT2D eigenvalue weighted by Gasteiger charge is 2.21. The first-order valence-electron chi connectivity index (χ1n) is 10.7. The molecule has 0 unspecified atom stereocenters. The maximum Gasteiger partial charge on any atom is 0.240 e. The van der Waals surface area contributed by atoms with Crippen LogP contribution in [0.5, 0.6) is 0 Å². The Morgan fingerprint density at radius 1 is 1.06 bits per heavy atom. The van der Waals surface area contributed by atoms with Crippen molar-refractivity contribution in [1.82, 2.24) is 14.7 Å². The summed E-state index contributed by atoms with van der Waals surface area (Å²) in [7, 11) is -1.86. The smallest absolute Gasteiger partial charge is 0.240 e. The second-order valence-electron chi connectivity index (χ2n) is 8.24. The van der Waals surface area contributed by atoms with Gasteiger partial charge >= 0.3 is 0 Å². The highest BCUT2D eigenvalue weighted by molar-refractivity contribution is 7.89. The number of fused-ring (bicyclic) bond motifs is 1. The Morgan fingerprint density at radius 2 is 1.82 bits per heavy atom. The summed E-state index contributed by atoms with van der Waals surface area (Å²) in [6.07, 6.45) is 2.60. The van der Waals surface area contributed by atoms with Gasteiger partial charge in [0.2, 0.25) is 21.9 Å². The second kappa shape index (κ2) is 9.57. The van der Waals surface area contributed by atoms with E-state index in [0.717, 1.165) is 16.9 Å². The van der Waals surface area contributed by atoms with Crippen LogP contribution in [-0.4, -0.2) is 37.4 Å². The zero-order chi connectivity index (χ0) is 24.5. The van der Waals surface area contributed by atoms with Gasteiger partial charge in [-0.05, 0) is 62.2 Å². The topological polar surface area (TPSA) is 116 Å². The van der Waals surface area contributed by atoms with Gasteiger partial charge in [-0.15, -0.1) is 0 Å². The summed E-state index contributed by atoms with van der Waals surface area (Å²) in [5.41, 5.74) is 3.24. The Labute approximate surface area is 203 Å². The first-order valence-corrected chi connectivity index (χ1v) is 12.6. The lowest BCUT2D eigenvalue weighted by Gasteiger charge is -2.26. The lowest BCUT2D eigenvalue weighted by molar-refractivity contribution is -0.118. The first-order chi connectivity index (χ1) is 16.1. The highest BCUT2D eigenvalue weighted by Crippen LogP contribution is 2.31. The standard InChI is InChI=1S/C23H25ClN6O3S/c1-14(2)29-34(32,33)18-6-4-5-16(12-18)27-23-25-13-19(24)22(28-23)26-17-8-9-20-15(11-17)7-10-21(31)30(20)3/h4-6,8-9,11-14,29H,7,10H2,1-3H3,(H2,25,26,27,28). The number of benzene rings is 2. The first kappa shape index (κ1) is 23.9. The van der Waals surface area contributed by atoms with E-state index in [4.69, 9.17) is 11.6 Å². The minimum atomic E-state index is -3.63. The number of anilines is 5. The van der Waals surface area contributed by atoms with Crippen molar-refractivity contribution in [2.24, 2.45) is 0 Å². The molecular weight excluding hydrogens is 476 g/mol. The van der Waals surface area contributed by atoms with Crippen molar-refractivity contribution in [3.05, 3.63) is 59.2 Å². The molecule has 0 atom stereocenters. The maximum atomic E-state index is 12.5. The minimum Gasteiger partial charge on any atom is -0.339 e. The molecule has 0 radical (unpaired) electrons. The summed E-state index contributed by atoms with van der Waals surface area (Å²) < 4.78 is 27.5. The van der Waals surface area contributed by atoms with Gasteiger partial charge < -0.3 is 15.5 Å². The molecule has 11 heteroatoms. The Hall–Kier alpha value is -3.21. The quantitative estimate of drug-likeness (QED) is 0.445. The number of carbonyl (C=O) groups excluding carboxylic acids is 1. The molecular formula is C23H25ClN6O3S. The molecule has 34 heavy (non-hydrogen) atoms. The average Bonchev–Trinajstić information content (AvgIpc) is 2.78. The van der Waals surface area contributed by atoms with Crippen molar-refractivity contribution < 1.29 is 13.2 Å². The molecule has 0 aliphatic carbocycles. The molecule has 1 amide bonds. The second-order valence-corrected chi connectivity index (χ2v) is 10.4. The van der Waals surface area contributed by atoms with Crippen LogP contribution in [0, 0.1) is 0 Å². The van der Waals surface area contributed by atoms with Gasteiger partial charge in [0.15, 0.2) is 5.82 Å². The summed E-state index contributed by atoms with van der Waals surface area (Å²) in [6.45, 7) is 3.52. The number of aromatic nitrogens is 2. The van der Waals surface area contributed by atoms with Gasteiger partial charge in [0.1, 0.15) is 5.02 Å². The molecule has 2 heterocycles. The molecule has 0 fully saturated rings. The van der Waals surface area contributed by atoms with Gasteiger partial charge in [0.25, 0.3) is 0 Å². The number of nitrogens with one attached hydrogen (secondary N) is 3. The number of halogens is 1. The van der Waals surface area contributed by atoms with E-state index in [2.05, 4.69) is 25.3 Å². The SMILES string of the molecule is CC(C)NS(=O)(=O)c1cccc(Nc2ncc(Cl)c(Nc3ccc4c(c3)CCC(=O)N4C)n2)c1. The van der Waals surface area contributed by atoms with Gasteiger partial charge in [0, 0.05) is 36.6 Å². The van der Waals surface area contributed by atoms with E-state index >= 15 is 0 Å². The summed E-state index contributed by atoms with van der Waals surface area (Å²) >= 11 is 6.31. The molecule has 3 aromatic rings. The maximum absolute atomic E-state index is 12.5. The number of aryl methyl sites for hydroxylation is 1. The zero-order valence-electron chi connectivity index (χ0n) is 19.0. The third kappa shape index (κ3) is 5.30. The summed E-state index contributed by atoms with van der Waals surface area (Å²) in [4.78, 5) is 22.4. The average molecular weight is 501 g/mol. The van der Waals surface area contributed by atoms with Gasteiger partial charge in [-0.1, -0.05) is 17.7 Å². The number of sulfonamides is 1. The van der Waals surface area contributed by atoms with Crippen molar-refractivity contribution in [3.63, 3.8) is 0 Å². The number of carbonyl (C=O) groups is 1. The van der Waals surface area contributed by atoms with E-state index in [9.17, 15) is 13.2 Å². The fraction of sp³-hybridized carbons (Fsp3) is 0.261. The Kier molecular flexibility index (Phi) is 6.74. The van der Waals surface area contributed by atoms with Crippen LogP contribution in [0.1, 0.15) is 25.8 Å². The molecule has 0 saturated carbocycles. The Bertz CT molecular complexity index is 1350. The van der Waals surface area contributed by atoms with Crippen LogP contribution in [0.4, 0.5) is 28.8 Å². The lowest BCUT2D eigenvalue weighted by Crippen LogP contribution is -2.31. The Balaban J connectivity index is 1.55. The van der Waals surface area contributed by atoms with Gasteiger partial charge in [-0.3, -0.25) is 4.79 Å². The van der Waals surface area contributed by atoms with Crippen molar-refractivity contribution in [2.75, 3.05) is 22.6 Å². The molecule has 1 aliphatic rings. The van der Waals surface area contributed by atoms with Gasteiger partial charge in [-0.2, -0.15) is 4.98 Å². The fourth-order valence-corrected chi connectivity index (χ4v) is 5.07. The van der Waals surface area contributed by atoms with Crippen LogP contribution in [0.25, 0.3) is 0 Å². The number of hydrogen-bond acceptors (Lipinski definition) is 7. The van der Waals surface area contributed by atoms with Crippen LogP contribution in [-0.2, 0) is 21.2 Å².